The van der Waals surface area contributed by atoms with E-state index in [0.717, 1.165) is 0 Å². The lowest BCUT2D eigenvalue weighted by Gasteiger charge is -2.25. The van der Waals surface area contributed by atoms with Gasteiger partial charge in [-0.2, -0.15) is 5.26 Å². The van der Waals surface area contributed by atoms with Crippen LogP contribution in [0.25, 0.3) is 0 Å². The number of hydrogen-bond donors (Lipinski definition) is 1. The third-order valence-corrected chi connectivity index (χ3v) is 2.90. The molecule has 1 aromatic rings. The zero-order chi connectivity index (χ0) is 14.4. The van der Waals surface area contributed by atoms with Crippen LogP contribution in [0.15, 0.2) is 18.2 Å². The van der Waals surface area contributed by atoms with Crippen molar-refractivity contribution in [2.45, 2.75) is 0 Å². The number of aliphatic carboxylic acids is 1. The van der Waals surface area contributed by atoms with Crippen molar-refractivity contribution in [2.24, 2.45) is 0 Å². The van der Waals surface area contributed by atoms with Gasteiger partial charge in [-0.3, -0.25) is 4.79 Å². The molecule has 0 aliphatic carbocycles. The van der Waals surface area contributed by atoms with E-state index in [1.807, 2.05) is 25.1 Å². The SMILES string of the molecule is CN(C)CCN(CC(=O)O)c1cccc(Cl)c1C#N. The number of carboxylic acids is 1. The number of nitriles is 1. The Bertz CT molecular complexity index is 497. The van der Waals surface area contributed by atoms with Gasteiger partial charge in [0.15, 0.2) is 0 Å². The van der Waals surface area contributed by atoms with Gasteiger partial charge in [0.1, 0.15) is 12.6 Å². The minimum Gasteiger partial charge on any atom is -0.480 e. The summed E-state index contributed by atoms with van der Waals surface area (Å²) in [7, 11) is 3.81. The van der Waals surface area contributed by atoms with Crippen molar-refractivity contribution in [2.75, 3.05) is 38.6 Å². The fourth-order valence-electron chi connectivity index (χ4n) is 1.66. The van der Waals surface area contributed by atoms with E-state index in [0.29, 0.717) is 29.4 Å². The molecule has 0 spiro atoms. The van der Waals surface area contributed by atoms with Crippen LogP contribution in [0.4, 0.5) is 5.69 Å². The molecule has 19 heavy (non-hydrogen) atoms. The van der Waals surface area contributed by atoms with Crippen LogP contribution in [0.3, 0.4) is 0 Å². The zero-order valence-corrected chi connectivity index (χ0v) is 11.7. The number of anilines is 1. The van der Waals surface area contributed by atoms with Gasteiger partial charge in [0.05, 0.1) is 16.3 Å². The average Bonchev–Trinajstić information content (AvgIpc) is 2.33. The van der Waals surface area contributed by atoms with Gasteiger partial charge in [0, 0.05) is 13.1 Å². The molecule has 5 nitrogen and oxygen atoms in total. The van der Waals surface area contributed by atoms with E-state index in [1.54, 1.807) is 23.1 Å². The lowest BCUT2D eigenvalue weighted by molar-refractivity contribution is -0.135. The molecule has 0 aromatic heterocycles. The molecule has 0 aliphatic heterocycles. The Balaban J connectivity index is 3.06. The van der Waals surface area contributed by atoms with Crippen LogP contribution >= 0.6 is 11.6 Å². The number of carboxylic acid groups (broad SMARTS) is 1. The van der Waals surface area contributed by atoms with Crippen molar-refractivity contribution in [1.29, 1.82) is 5.26 Å². The zero-order valence-electron chi connectivity index (χ0n) is 10.9. The third-order valence-electron chi connectivity index (χ3n) is 2.59. The predicted molar refractivity (Wildman–Crippen MR) is 74.6 cm³/mol. The Kier molecular flexibility index (Phi) is 5.61. The van der Waals surface area contributed by atoms with E-state index in [1.165, 1.54) is 0 Å². The molecular formula is C13H16ClN3O2. The molecule has 0 radical (unpaired) electrons. The van der Waals surface area contributed by atoms with E-state index in [2.05, 4.69) is 0 Å². The second-order valence-electron chi connectivity index (χ2n) is 4.36. The van der Waals surface area contributed by atoms with Crippen LogP contribution in [0.2, 0.25) is 5.02 Å². The van der Waals surface area contributed by atoms with Crippen LogP contribution in [-0.2, 0) is 4.79 Å². The van der Waals surface area contributed by atoms with E-state index in [9.17, 15) is 4.79 Å². The second kappa shape index (κ2) is 6.98. The van der Waals surface area contributed by atoms with Crippen molar-refractivity contribution in [3.63, 3.8) is 0 Å². The number of likely N-dealkylation sites (N-methyl/N-ethyl adjacent to an activating group) is 1. The highest BCUT2D eigenvalue weighted by atomic mass is 35.5. The summed E-state index contributed by atoms with van der Waals surface area (Å²) < 4.78 is 0. The highest BCUT2D eigenvalue weighted by Crippen LogP contribution is 2.26. The van der Waals surface area contributed by atoms with Crippen LogP contribution in [0.1, 0.15) is 5.56 Å². The molecule has 0 heterocycles. The van der Waals surface area contributed by atoms with Crippen molar-refractivity contribution < 1.29 is 9.90 Å². The van der Waals surface area contributed by atoms with E-state index < -0.39 is 5.97 Å². The monoisotopic (exact) mass is 281 g/mol. The molecule has 102 valence electrons. The standard InChI is InChI=1S/C13H16ClN3O2/c1-16(2)6-7-17(9-13(18)19)12-5-3-4-11(14)10(12)8-15/h3-5H,6-7,9H2,1-2H3,(H,18,19). The van der Waals surface area contributed by atoms with E-state index in [4.69, 9.17) is 22.0 Å². The summed E-state index contributed by atoms with van der Waals surface area (Å²) >= 11 is 5.97. The van der Waals surface area contributed by atoms with Crippen LogP contribution in [-0.4, -0.2) is 49.7 Å². The van der Waals surface area contributed by atoms with Gasteiger partial charge in [-0.25, -0.2) is 0 Å². The highest BCUT2D eigenvalue weighted by Gasteiger charge is 2.16. The number of halogens is 1. The maximum absolute atomic E-state index is 10.9. The fraction of sp³-hybridized carbons (Fsp3) is 0.385. The number of carbonyl (C=O) groups is 1. The number of hydrogen-bond acceptors (Lipinski definition) is 4. The molecule has 0 fully saturated rings. The Hall–Kier alpha value is -1.77. The molecule has 0 amide bonds. The number of rotatable bonds is 6. The van der Waals surface area contributed by atoms with E-state index in [-0.39, 0.29) is 6.54 Å². The highest BCUT2D eigenvalue weighted by molar-refractivity contribution is 6.32. The largest absolute Gasteiger partial charge is 0.480 e. The molecular weight excluding hydrogens is 266 g/mol. The smallest absolute Gasteiger partial charge is 0.323 e. The topological polar surface area (TPSA) is 67.6 Å². The summed E-state index contributed by atoms with van der Waals surface area (Å²) in [5.74, 6) is -0.942. The lowest BCUT2D eigenvalue weighted by atomic mass is 10.1. The lowest BCUT2D eigenvalue weighted by Crippen LogP contribution is -2.36. The predicted octanol–water partition coefficient (Wildman–Crippen LogP) is 1.66. The minimum atomic E-state index is -0.942. The van der Waals surface area contributed by atoms with Gasteiger partial charge in [0.2, 0.25) is 0 Å². The number of nitrogens with zero attached hydrogens (tertiary/aromatic N) is 3. The summed E-state index contributed by atoms with van der Waals surface area (Å²) in [6.07, 6.45) is 0. The molecule has 1 rings (SSSR count). The molecule has 0 bridgehead atoms. The van der Waals surface area contributed by atoms with Crippen molar-refractivity contribution in [1.82, 2.24) is 4.90 Å². The Labute approximate surface area is 117 Å². The fourth-order valence-corrected chi connectivity index (χ4v) is 1.87. The second-order valence-corrected chi connectivity index (χ2v) is 4.77. The molecule has 0 saturated heterocycles. The van der Waals surface area contributed by atoms with Crippen LogP contribution < -0.4 is 4.90 Å². The normalized spacial score (nSPS) is 10.3. The first-order chi connectivity index (χ1) is 8.95. The first-order valence-corrected chi connectivity index (χ1v) is 6.13. The first kappa shape index (κ1) is 15.3. The van der Waals surface area contributed by atoms with Gasteiger partial charge in [-0.05, 0) is 26.2 Å². The van der Waals surface area contributed by atoms with Crippen LogP contribution in [0, 0.1) is 11.3 Å². The summed E-state index contributed by atoms with van der Waals surface area (Å²) in [5, 5.41) is 18.4. The molecule has 0 saturated carbocycles. The molecule has 0 unspecified atom stereocenters. The summed E-state index contributed by atoms with van der Waals surface area (Å²) in [5.41, 5.74) is 0.864. The molecule has 1 N–H and O–H groups in total. The maximum atomic E-state index is 10.9. The average molecular weight is 282 g/mol. The van der Waals surface area contributed by atoms with Gasteiger partial charge in [-0.15, -0.1) is 0 Å². The van der Waals surface area contributed by atoms with Gasteiger partial charge in [0.25, 0.3) is 0 Å². The molecule has 1 aromatic carbocycles. The molecule has 6 heteroatoms. The Morgan fingerprint density at radius 3 is 2.63 bits per heavy atom. The summed E-state index contributed by atoms with van der Waals surface area (Å²) in [4.78, 5) is 14.5. The van der Waals surface area contributed by atoms with Crippen LogP contribution in [0.5, 0.6) is 0 Å². The van der Waals surface area contributed by atoms with Crippen molar-refractivity contribution in [3.05, 3.63) is 28.8 Å². The Morgan fingerprint density at radius 2 is 2.11 bits per heavy atom. The minimum absolute atomic E-state index is 0.164. The first-order valence-electron chi connectivity index (χ1n) is 5.75. The van der Waals surface area contributed by atoms with Gasteiger partial charge >= 0.3 is 5.97 Å². The Morgan fingerprint density at radius 1 is 1.42 bits per heavy atom. The molecule has 0 aliphatic rings. The molecule has 0 atom stereocenters. The van der Waals surface area contributed by atoms with Gasteiger partial charge in [-0.1, -0.05) is 17.7 Å². The third kappa shape index (κ3) is 4.43. The number of benzene rings is 1. The van der Waals surface area contributed by atoms with Gasteiger partial charge < -0.3 is 14.9 Å². The quantitative estimate of drug-likeness (QED) is 0.859. The summed E-state index contributed by atoms with van der Waals surface area (Å²) in [6, 6.07) is 7.07. The van der Waals surface area contributed by atoms with Crippen molar-refractivity contribution in [3.8, 4) is 6.07 Å². The summed E-state index contributed by atoms with van der Waals surface area (Å²) in [6.45, 7) is 1.03. The van der Waals surface area contributed by atoms with Crippen molar-refractivity contribution >= 4 is 23.3 Å². The maximum Gasteiger partial charge on any atom is 0.323 e. The van der Waals surface area contributed by atoms with E-state index >= 15 is 0 Å².